The van der Waals surface area contributed by atoms with E-state index < -0.39 is 11.3 Å². The molecular weight excluding hydrogens is 464 g/mol. The predicted octanol–water partition coefficient (Wildman–Crippen LogP) is 6.63. The van der Waals surface area contributed by atoms with Crippen LogP contribution in [-0.4, -0.2) is 18.1 Å². The van der Waals surface area contributed by atoms with Gasteiger partial charge in [0.2, 0.25) is 0 Å². The van der Waals surface area contributed by atoms with Gasteiger partial charge in [0, 0.05) is 41.0 Å². The quantitative estimate of drug-likeness (QED) is 0.200. The molecule has 182 valence electrons. The van der Waals surface area contributed by atoms with Gasteiger partial charge in [-0.25, -0.2) is 14.6 Å². The SMILES string of the molecule is CCN(CC)c1ccc2cc(-c3cccc(-c4cc5ccc6ccccc6c5oc4=O)n3)c(=O)oc2c1. The van der Waals surface area contributed by atoms with Gasteiger partial charge >= 0.3 is 11.3 Å². The average Bonchev–Trinajstić information content (AvgIpc) is 2.93. The van der Waals surface area contributed by atoms with Crippen molar-refractivity contribution in [1.29, 1.82) is 0 Å². The summed E-state index contributed by atoms with van der Waals surface area (Å²) in [4.78, 5) is 32.8. The van der Waals surface area contributed by atoms with Crippen LogP contribution in [0.15, 0.2) is 103 Å². The van der Waals surface area contributed by atoms with E-state index in [1.807, 2.05) is 54.6 Å². The third kappa shape index (κ3) is 3.96. The van der Waals surface area contributed by atoms with Crippen LogP contribution >= 0.6 is 0 Å². The zero-order valence-electron chi connectivity index (χ0n) is 20.5. The molecule has 3 heterocycles. The monoisotopic (exact) mass is 488 g/mol. The smallest absolute Gasteiger partial charge is 0.345 e. The fourth-order valence-electron chi connectivity index (χ4n) is 4.83. The molecule has 0 amide bonds. The zero-order valence-corrected chi connectivity index (χ0v) is 20.5. The number of hydrogen-bond donors (Lipinski definition) is 0. The molecule has 6 nitrogen and oxygen atoms in total. The minimum absolute atomic E-state index is 0.332. The molecule has 0 bridgehead atoms. The Labute approximate surface area is 212 Å². The topological polar surface area (TPSA) is 76.6 Å². The summed E-state index contributed by atoms with van der Waals surface area (Å²) in [5, 5.41) is 3.48. The molecule has 0 aliphatic carbocycles. The predicted molar refractivity (Wildman–Crippen MR) is 148 cm³/mol. The van der Waals surface area contributed by atoms with Crippen LogP contribution in [0.1, 0.15) is 13.8 Å². The van der Waals surface area contributed by atoms with E-state index >= 15 is 0 Å². The van der Waals surface area contributed by atoms with Crippen LogP contribution in [0.4, 0.5) is 5.69 Å². The molecule has 0 spiro atoms. The van der Waals surface area contributed by atoms with Crippen molar-refractivity contribution >= 4 is 38.4 Å². The largest absolute Gasteiger partial charge is 0.422 e. The maximum Gasteiger partial charge on any atom is 0.345 e. The van der Waals surface area contributed by atoms with Gasteiger partial charge < -0.3 is 13.7 Å². The molecule has 0 aliphatic heterocycles. The van der Waals surface area contributed by atoms with E-state index in [1.54, 1.807) is 30.3 Å². The zero-order chi connectivity index (χ0) is 25.5. The van der Waals surface area contributed by atoms with E-state index in [1.165, 1.54) is 0 Å². The van der Waals surface area contributed by atoms with E-state index in [2.05, 4.69) is 23.7 Å². The second-order valence-electron chi connectivity index (χ2n) is 8.90. The van der Waals surface area contributed by atoms with Crippen molar-refractivity contribution in [2.45, 2.75) is 13.8 Å². The highest BCUT2D eigenvalue weighted by molar-refractivity contribution is 6.04. The highest BCUT2D eigenvalue weighted by Crippen LogP contribution is 2.29. The van der Waals surface area contributed by atoms with Crippen LogP contribution in [0.5, 0.6) is 0 Å². The molecule has 6 aromatic rings. The number of pyridine rings is 1. The lowest BCUT2D eigenvalue weighted by Gasteiger charge is -2.21. The number of aromatic nitrogens is 1. The number of hydrogen-bond acceptors (Lipinski definition) is 6. The second-order valence-corrected chi connectivity index (χ2v) is 8.90. The Morgan fingerprint density at radius 1 is 0.676 bits per heavy atom. The third-order valence-corrected chi connectivity index (χ3v) is 6.77. The van der Waals surface area contributed by atoms with Crippen molar-refractivity contribution in [3.63, 3.8) is 0 Å². The van der Waals surface area contributed by atoms with Crippen molar-refractivity contribution in [3.05, 3.63) is 106 Å². The van der Waals surface area contributed by atoms with Gasteiger partial charge in [0.25, 0.3) is 0 Å². The van der Waals surface area contributed by atoms with Crippen molar-refractivity contribution in [2.75, 3.05) is 18.0 Å². The third-order valence-electron chi connectivity index (χ3n) is 6.77. The lowest BCUT2D eigenvalue weighted by Crippen LogP contribution is -2.21. The normalized spacial score (nSPS) is 11.4. The van der Waals surface area contributed by atoms with Gasteiger partial charge in [0.05, 0.1) is 22.5 Å². The van der Waals surface area contributed by atoms with Crippen LogP contribution in [0, 0.1) is 0 Å². The minimum atomic E-state index is -0.483. The molecule has 0 radical (unpaired) electrons. The molecule has 6 heteroatoms. The molecule has 37 heavy (non-hydrogen) atoms. The molecule has 0 atom stereocenters. The standard InChI is InChI=1S/C31H24N2O4/c1-3-33(4-2)22-15-14-20-16-24(30(34)36-28(20)18-22)26-10-7-11-27(32-26)25-17-21-13-12-19-8-5-6-9-23(19)29(21)37-31(25)35/h5-18H,3-4H2,1-2H3. The molecular formula is C31H24N2O4. The van der Waals surface area contributed by atoms with Crippen LogP contribution in [0.2, 0.25) is 0 Å². The van der Waals surface area contributed by atoms with Gasteiger partial charge in [0.1, 0.15) is 11.2 Å². The van der Waals surface area contributed by atoms with Crippen LogP contribution in [0.25, 0.3) is 55.2 Å². The number of benzene rings is 3. The van der Waals surface area contributed by atoms with E-state index in [9.17, 15) is 9.59 Å². The molecule has 6 rings (SSSR count). The van der Waals surface area contributed by atoms with Crippen molar-refractivity contribution in [1.82, 2.24) is 4.98 Å². The van der Waals surface area contributed by atoms with Crippen LogP contribution in [0.3, 0.4) is 0 Å². The summed E-state index contributed by atoms with van der Waals surface area (Å²) in [6, 6.07) is 26.4. The van der Waals surface area contributed by atoms with Crippen molar-refractivity contribution in [3.8, 4) is 22.5 Å². The molecule has 0 saturated heterocycles. The molecule has 0 unspecified atom stereocenters. The van der Waals surface area contributed by atoms with Gasteiger partial charge in [-0.15, -0.1) is 0 Å². The minimum Gasteiger partial charge on any atom is -0.422 e. The Kier molecular flexibility index (Phi) is 5.57. The number of anilines is 1. The van der Waals surface area contributed by atoms with E-state index in [0.29, 0.717) is 33.7 Å². The summed E-state index contributed by atoms with van der Waals surface area (Å²) in [5.74, 6) is 0. The molecule has 0 fully saturated rings. The first kappa shape index (κ1) is 22.7. The Hall–Kier alpha value is -4.71. The van der Waals surface area contributed by atoms with E-state index in [-0.39, 0.29) is 0 Å². The Balaban J connectivity index is 1.44. The second kappa shape index (κ2) is 9.06. The van der Waals surface area contributed by atoms with Crippen molar-refractivity contribution in [2.24, 2.45) is 0 Å². The maximum absolute atomic E-state index is 13.0. The van der Waals surface area contributed by atoms with Crippen molar-refractivity contribution < 1.29 is 8.83 Å². The van der Waals surface area contributed by atoms with Gasteiger partial charge in [0.15, 0.2) is 0 Å². The molecule has 0 aliphatic rings. The number of rotatable bonds is 5. The maximum atomic E-state index is 13.0. The molecule has 3 aromatic carbocycles. The lowest BCUT2D eigenvalue weighted by atomic mass is 10.0. The fraction of sp³-hybridized carbons (Fsp3) is 0.129. The highest BCUT2D eigenvalue weighted by Gasteiger charge is 2.15. The van der Waals surface area contributed by atoms with Gasteiger partial charge in [-0.1, -0.05) is 42.5 Å². The molecule has 3 aromatic heterocycles. The summed E-state index contributed by atoms with van der Waals surface area (Å²) in [5.41, 5.74) is 2.63. The number of fused-ring (bicyclic) bond motifs is 4. The Morgan fingerprint density at radius 2 is 1.32 bits per heavy atom. The highest BCUT2D eigenvalue weighted by atomic mass is 16.4. The average molecular weight is 489 g/mol. The lowest BCUT2D eigenvalue weighted by molar-refractivity contribution is 0.563. The van der Waals surface area contributed by atoms with E-state index in [4.69, 9.17) is 8.83 Å². The molecule has 0 N–H and O–H groups in total. The number of nitrogens with zero attached hydrogens (tertiary/aromatic N) is 2. The molecule has 0 saturated carbocycles. The van der Waals surface area contributed by atoms with Gasteiger partial charge in [-0.2, -0.15) is 0 Å². The fourth-order valence-corrected chi connectivity index (χ4v) is 4.83. The Bertz CT molecular complexity index is 1920. The first-order valence-corrected chi connectivity index (χ1v) is 12.3. The van der Waals surface area contributed by atoms with E-state index in [0.717, 1.165) is 40.3 Å². The van der Waals surface area contributed by atoms with Crippen LogP contribution in [-0.2, 0) is 0 Å². The summed E-state index contributed by atoms with van der Waals surface area (Å²) >= 11 is 0. The first-order valence-electron chi connectivity index (χ1n) is 12.3. The summed E-state index contributed by atoms with van der Waals surface area (Å²) in [6.45, 7) is 5.90. The Morgan fingerprint density at radius 3 is 2.08 bits per heavy atom. The summed E-state index contributed by atoms with van der Waals surface area (Å²) in [6.07, 6.45) is 0. The van der Waals surface area contributed by atoms with Crippen LogP contribution < -0.4 is 16.2 Å². The summed E-state index contributed by atoms with van der Waals surface area (Å²) in [7, 11) is 0. The summed E-state index contributed by atoms with van der Waals surface area (Å²) < 4.78 is 11.4. The van der Waals surface area contributed by atoms with Gasteiger partial charge in [-0.05, 0) is 55.6 Å². The van der Waals surface area contributed by atoms with Gasteiger partial charge in [-0.3, -0.25) is 0 Å². The first-order chi connectivity index (χ1) is 18.1.